The Labute approximate surface area is 217 Å². The number of aromatic nitrogens is 3. The van der Waals surface area contributed by atoms with Gasteiger partial charge in [-0.25, -0.2) is 18.1 Å². The molecule has 0 bridgehead atoms. The summed E-state index contributed by atoms with van der Waals surface area (Å²) in [5.41, 5.74) is -1.03. The van der Waals surface area contributed by atoms with Gasteiger partial charge in [-0.2, -0.15) is 9.82 Å². The van der Waals surface area contributed by atoms with E-state index in [1.807, 2.05) is 6.07 Å². The van der Waals surface area contributed by atoms with Gasteiger partial charge in [-0.05, 0) is 49.6 Å². The average molecular weight is 522 g/mol. The van der Waals surface area contributed by atoms with Crippen LogP contribution in [0.2, 0.25) is 0 Å². The van der Waals surface area contributed by atoms with Crippen LogP contribution in [0.4, 0.5) is 0 Å². The van der Waals surface area contributed by atoms with E-state index in [4.69, 9.17) is 11.2 Å². The maximum absolute atomic E-state index is 13.6. The molecule has 2 N–H and O–H groups in total. The number of hydrogen-bond acceptors (Lipinski definition) is 6. The van der Waals surface area contributed by atoms with E-state index in [2.05, 4.69) is 26.0 Å². The smallest absolute Gasteiger partial charge is 0.245 e. The summed E-state index contributed by atoms with van der Waals surface area (Å²) in [4.78, 5) is 17.6. The van der Waals surface area contributed by atoms with Crippen molar-refractivity contribution >= 4 is 15.9 Å². The third-order valence-corrected chi connectivity index (χ3v) is 7.94. The first-order chi connectivity index (χ1) is 17.7. The molecule has 9 nitrogen and oxygen atoms in total. The van der Waals surface area contributed by atoms with Crippen LogP contribution in [0.5, 0.6) is 5.75 Å². The van der Waals surface area contributed by atoms with Gasteiger partial charge in [0.15, 0.2) is 0 Å². The van der Waals surface area contributed by atoms with E-state index in [1.54, 1.807) is 59.5 Å². The van der Waals surface area contributed by atoms with Crippen LogP contribution in [0.3, 0.4) is 0 Å². The van der Waals surface area contributed by atoms with Crippen LogP contribution < -0.4 is 14.8 Å². The fourth-order valence-corrected chi connectivity index (χ4v) is 5.94. The van der Waals surface area contributed by atoms with Crippen molar-refractivity contribution in [2.45, 2.75) is 55.9 Å². The predicted molar refractivity (Wildman–Crippen MR) is 140 cm³/mol. The van der Waals surface area contributed by atoms with Crippen molar-refractivity contribution in [3.8, 4) is 23.8 Å². The average Bonchev–Trinajstić information content (AvgIpc) is 3.43. The topological polar surface area (TPSA) is 115 Å². The Bertz CT molecular complexity index is 1330. The molecule has 10 heteroatoms. The molecule has 1 atom stereocenters. The van der Waals surface area contributed by atoms with Crippen LogP contribution in [0.1, 0.15) is 44.6 Å². The lowest BCUT2D eigenvalue weighted by molar-refractivity contribution is -0.129. The number of benzene rings is 2. The molecule has 1 aliphatic carbocycles. The Morgan fingerprint density at radius 1 is 1.14 bits per heavy atom. The summed E-state index contributed by atoms with van der Waals surface area (Å²) in [6.45, 7) is 1.28. The fraction of sp³-hybridized carbons (Fsp3) is 0.370. The lowest BCUT2D eigenvalue weighted by Crippen LogP contribution is -2.64. The second kappa shape index (κ2) is 11.2. The third kappa shape index (κ3) is 6.76. The Kier molecular flexibility index (Phi) is 7.95. The minimum Gasteiger partial charge on any atom is -0.491 e. The number of carbonyl (C=O) groups excluding carboxylic acids is 1. The standard InChI is InChI=1S/C27H31N5O4S/c1-3-27(16-8-5-9-17-27)30-25(33)26(2,31-37(34,35)18-22-10-6-4-7-11-22)19-36-24-14-12-23(13-15-24)32-21-28-20-29-32/h1,4,6-7,10-15,20-21,31H,5,8-9,16-19H2,2H3,(H,30,33). The first-order valence-electron chi connectivity index (χ1n) is 12.2. The van der Waals surface area contributed by atoms with Crippen LogP contribution in [0, 0.1) is 12.3 Å². The van der Waals surface area contributed by atoms with E-state index < -0.39 is 27.0 Å². The molecular formula is C27H31N5O4S. The van der Waals surface area contributed by atoms with Gasteiger partial charge in [-0.1, -0.05) is 55.5 Å². The first kappa shape index (κ1) is 26.4. The number of carbonyl (C=O) groups is 1. The lowest BCUT2D eigenvalue weighted by atomic mass is 9.81. The zero-order chi connectivity index (χ0) is 26.4. The maximum Gasteiger partial charge on any atom is 0.245 e. The molecule has 1 unspecified atom stereocenters. The zero-order valence-electron chi connectivity index (χ0n) is 20.8. The molecule has 0 saturated heterocycles. The number of sulfonamides is 1. The van der Waals surface area contributed by atoms with E-state index in [0.717, 1.165) is 24.9 Å². The van der Waals surface area contributed by atoms with E-state index in [0.29, 0.717) is 24.2 Å². The summed E-state index contributed by atoms with van der Waals surface area (Å²) >= 11 is 0. The van der Waals surface area contributed by atoms with Crippen LogP contribution >= 0.6 is 0 Å². The lowest BCUT2D eigenvalue weighted by Gasteiger charge is -2.37. The highest BCUT2D eigenvalue weighted by atomic mass is 32.2. The number of nitrogens with zero attached hydrogens (tertiary/aromatic N) is 3. The van der Waals surface area contributed by atoms with Gasteiger partial charge in [0.25, 0.3) is 0 Å². The summed E-state index contributed by atoms with van der Waals surface area (Å²) in [5.74, 6) is 2.42. The van der Waals surface area contributed by atoms with Gasteiger partial charge in [-0.15, -0.1) is 6.42 Å². The van der Waals surface area contributed by atoms with Gasteiger partial charge in [0.1, 0.15) is 36.1 Å². The van der Waals surface area contributed by atoms with Gasteiger partial charge < -0.3 is 10.1 Å². The van der Waals surface area contributed by atoms with Crippen molar-refractivity contribution in [2.24, 2.45) is 0 Å². The molecular weight excluding hydrogens is 490 g/mol. The number of nitrogens with one attached hydrogen (secondary N) is 2. The van der Waals surface area contributed by atoms with Crippen molar-refractivity contribution in [3.63, 3.8) is 0 Å². The molecule has 3 aromatic rings. The summed E-state index contributed by atoms with van der Waals surface area (Å²) in [6, 6.07) is 15.8. The molecule has 37 heavy (non-hydrogen) atoms. The Balaban J connectivity index is 1.54. The van der Waals surface area contributed by atoms with Crippen molar-refractivity contribution in [1.29, 1.82) is 0 Å². The predicted octanol–water partition coefficient (Wildman–Crippen LogP) is 2.98. The third-order valence-electron chi connectivity index (χ3n) is 6.47. The van der Waals surface area contributed by atoms with Gasteiger partial charge in [-0.3, -0.25) is 4.79 Å². The Morgan fingerprint density at radius 2 is 1.84 bits per heavy atom. The molecule has 4 rings (SSSR count). The molecule has 1 amide bonds. The van der Waals surface area contributed by atoms with Gasteiger partial charge in [0.2, 0.25) is 15.9 Å². The van der Waals surface area contributed by atoms with Crippen molar-refractivity contribution < 1.29 is 17.9 Å². The van der Waals surface area contributed by atoms with Crippen LogP contribution in [-0.2, 0) is 20.6 Å². The van der Waals surface area contributed by atoms with E-state index in [9.17, 15) is 13.2 Å². The highest BCUT2D eigenvalue weighted by Gasteiger charge is 2.42. The summed E-state index contributed by atoms with van der Waals surface area (Å²) in [6.07, 6.45) is 13.0. The van der Waals surface area contributed by atoms with Crippen LogP contribution in [0.25, 0.3) is 5.69 Å². The highest BCUT2D eigenvalue weighted by molar-refractivity contribution is 7.88. The number of ether oxygens (including phenoxy) is 1. The second-order valence-electron chi connectivity index (χ2n) is 9.54. The van der Waals surface area contributed by atoms with Crippen LogP contribution in [-0.4, -0.2) is 46.8 Å². The zero-order valence-corrected chi connectivity index (χ0v) is 21.6. The Hall–Kier alpha value is -3.68. The number of hydrogen-bond donors (Lipinski definition) is 2. The summed E-state index contributed by atoms with van der Waals surface area (Å²) in [7, 11) is -3.91. The minimum absolute atomic E-state index is 0.240. The van der Waals surface area contributed by atoms with Gasteiger partial charge in [0, 0.05) is 0 Å². The van der Waals surface area contributed by atoms with Crippen molar-refractivity contribution in [1.82, 2.24) is 24.8 Å². The molecule has 0 radical (unpaired) electrons. The molecule has 1 heterocycles. The normalized spacial score (nSPS) is 16.8. The van der Waals surface area contributed by atoms with Crippen molar-refractivity contribution in [2.75, 3.05) is 6.61 Å². The summed E-state index contributed by atoms with van der Waals surface area (Å²) in [5, 5.41) is 7.06. The maximum atomic E-state index is 13.6. The molecule has 194 valence electrons. The monoisotopic (exact) mass is 521 g/mol. The Morgan fingerprint density at radius 3 is 2.46 bits per heavy atom. The first-order valence-corrected chi connectivity index (χ1v) is 13.8. The van der Waals surface area contributed by atoms with Gasteiger partial charge in [0.05, 0.1) is 11.4 Å². The quantitative estimate of drug-likeness (QED) is 0.397. The number of terminal acetylenes is 1. The van der Waals surface area contributed by atoms with E-state index in [-0.39, 0.29) is 12.4 Å². The second-order valence-corrected chi connectivity index (χ2v) is 11.3. The number of amides is 1. The highest BCUT2D eigenvalue weighted by Crippen LogP contribution is 2.28. The van der Waals surface area contributed by atoms with Crippen molar-refractivity contribution in [3.05, 3.63) is 72.8 Å². The fourth-order valence-electron chi connectivity index (χ4n) is 4.39. The van der Waals surface area contributed by atoms with E-state index >= 15 is 0 Å². The van der Waals surface area contributed by atoms with Crippen LogP contribution in [0.15, 0.2) is 67.3 Å². The SMILES string of the molecule is C#CC1(NC(=O)C(C)(COc2ccc(-n3cncn3)cc2)NS(=O)(=O)Cc2ccccc2)CCCCC1. The summed E-state index contributed by atoms with van der Waals surface area (Å²) < 4.78 is 36.4. The van der Waals surface area contributed by atoms with E-state index in [1.165, 1.54) is 13.3 Å². The molecule has 1 saturated carbocycles. The molecule has 2 aromatic carbocycles. The molecule has 0 aliphatic heterocycles. The molecule has 1 fully saturated rings. The minimum atomic E-state index is -3.91. The van der Waals surface area contributed by atoms with Gasteiger partial charge >= 0.3 is 0 Å². The molecule has 1 aliphatic rings. The molecule has 0 spiro atoms. The largest absolute Gasteiger partial charge is 0.491 e. The molecule has 1 aromatic heterocycles. The number of rotatable bonds is 10.